The molecule has 0 N–H and O–H groups in total. The summed E-state index contributed by atoms with van der Waals surface area (Å²) in [5.74, 6) is 1.24. The molecule has 1 aromatic carbocycles. The minimum atomic E-state index is 0.598. The molecule has 0 aliphatic rings. The summed E-state index contributed by atoms with van der Waals surface area (Å²) in [6.45, 7) is 0. The Labute approximate surface area is 102 Å². The normalized spacial score (nSPS) is 9.27. The SMILES string of the molecule is N#CSCc1ccc(CSC#N)c(Cl)c1. The van der Waals surface area contributed by atoms with Crippen LogP contribution in [0.2, 0.25) is 5.02 Å². The van der Waals surface area contributed by atoms with Crippen molar-refractivity contribution in [2.45, 2.75) is 11.5 Å². The first kappa shape index (κ1) is 12.3. The molecule has 0 saturated carbocycles. The second-order valence-electron chi connectivity index (χ2n) is 2.69. The molecule has 0 bridgehead atoms. The molecule has 0 atom stereocenters. The summed E-state index contributed by atoms with van der Waals surface area (Å²) < 4.78 is 0. The molecule has 0 unspecified atom stereocenters. The van der Waals surface area contributed by atoms with Crippen molar-refractivity contribution in [2.75, 3.05) is 0 Å². The van der Waals surface area contributed by atoms with E-state index in [1.807, 2.05) is 29.0 Å². The molecular formula is C10H7ClN2S2. The van der Waals surface area contributed by atoms with Gasteiger partial charge in [0.2, 0.25) is 0 Å². The predicted molar refractivity (Wildman–Crippen MR) is 65.3 cm³/mol. The first-order valence-corrected chi connectivity index (χ1v) is 6.42. The fraction of sp³-hybridized carbons (Fsp3) is 0.200. The largest absolute Gasteiger partial charge is 0.185 e. The van der Waals surface area contributed by atoms with Crippen LogP contribution in [0.4, 0.5) is 0 Å². The molecule has 0 aromatic heterocycles. The predicted octanol–water partition coefficient (Wildman–Crippen LogP) is 3.77. The topological polar surface area (TPSA) is 47.6 Å². The van der Waals surface area contributed by atoms with Gasteiger partial charge < -0.3 is 0 Å². The van der Waals surface area contributed by atoms with E-state index in [0.717, 1.165) is 22.9 Å². The Hall–Kier alpha value is -0.810. The van der Waals surface area contributed by atoms with Crippen molar-refractivity contribution in [2.24, 2.45) is 0 Å². The highest BCUT2D eigenvalue weighted by atomic mass is 35.5. The maximum absolute atomic E-state index is 8.42. The molecule has 1 aromatic rings. The lowest BCUT2D eigenvalue weighted by Crippen LogP contribution is -1.85. The molecule has 0 aliphatic carbocycles. The Morgan fingerprint density at radius 1 is 1.13 bits per heavy atom. The minimum Gasteiger partial charge on any atom is -0.185 e. The fourth-order valence-electron chi connectivity index (χ4n) is 1.02. The summed E-state index contributed by atoms with van der Waals surface area (Å²) in [7, 11) is 0. The van der Waals surface area contributed by atoms with E-state index in [9.17, 15) is 0 Å². The zero-order chi connectivity index (χ0) is 11.1. The van der Waals surface area contributed by atoms with E-state index in [1.54, 1.807) is 0 Å². The van der Waals surface area contributed by atoms with Crippen LogP contribution in [0.25, 0.3) is 0 Å². The van der Waals surface area contributed by atoms with Gasteiger partial charge in [0.05, 0.1) is 0 Å². The van der Waals surface area contributed by atoms with Crippen molar-refractivity contribution in [3.63, 3.8) is 0 Å². The molecule has 0 saturated heterocycles. The van der Waals surface area contributed by atoms with Gasteiger partial charge in [0.1, 0.15) is 10.8 Å². The van der Waals surface area contributed by atoms with E-state index in [4.69, 9.17) is 22.1 Å². The van der Waals surface area contributed by atoms with Gasteiger partial charge in [-0.25, -0.2) is 0 Å². The van der Waals surface area contributed by atoms with E-state index in [2.05, 4.69) is 0 Å². The molecule has 0 aliphatic heterocycles. The van der Waals surface area contributed by atoms with E-state index < -0.39 is 0 Å². The second kappa shape index (κ2) is 6.63. The molecule has 0 heterocycles. The number of rotatable bonds is 4. The molecule has 2 nitrogen and oxygen atoms in total. The molecule has 1 rings (SSSR count). The Balaban J connectivity index is 2.71. The zero-order valence-corrected chi connectivity index (χ0v) is 10.1. The van der Waals surface area contributed by atoms with E-state index in [0.29, 0.717) is 16.5 Å². The van der Waals surface area contributed by atoms with Crippen LogP contribution >= 0.6 is 35.1 Å². The highest BCUT2D eigenvalue weighted by Crippen LogP contribution is 2.23. The van der Waals surface area contributed by atoms with Crippen LogP contribution in [0.1, 0.15) is 11.1 Å². The van der Waals surface area contributed by atoms with Crippen molar-refractivity contribution >= 4 is 35.1 Å². The lowest BCUT2D eigenvalue weighted by atomic mass is 10.2. The highest BCUT2D eigenvalue weighted by molar-refractivity contribution is 8.03. The third-order valence-corrected chi connectivity index (χ3v) is 3.26. The van der Waals surface area contributed by atoms with Crippen molar-refractivity contribution in [1.29, 1.82) is 10.5 Å². The number of hydrogen-bond donors (Lipinski definition) is 0. The van der Waals surface area contributed by atoms with Gasteiger partial charge in [-0.2, -0.15) is 10.5 Å². The van der Waals surface area contributed by atoms with Gasteiger partial charge in [-0.3, -0.25) is 0 Å². The van der Waals surface area contributed by atoms with Gasteiger partial charge in [0.15, 0.2) is 0 Å². The molecular weight excluding hydrogens is 248 g/mol. The third kappa shape index (κ3) is 4.05. The van der Waals surface area contributed by atoms with Gasteiger partial charge in [-0.1, -0.05) is 23.7 Å². The molecule has 5 heteroatoms. The van der Waals surface area contributed by atoms with Crippen molar-refractivity contribution < 1.29 is 0 Å². The van der Waals surface area contributed by atoms with Crippen LogP contribution in [-0.2, 0) is 11.5 Å². The first-order chi connectivity index (χ1) is 7.27. The van der Waals surface area contributed by atoms with E-state index in [1.165, 1.54) is 11.8 Å². The van der Waals surface area contributed by atoms with Crippen LogP contribution in [0, 0.1) is 21.3 Å². The molecule has 0 fully saturated rings. The zero-order valence-electron chi connectivity index (χ0n) is 7.74. The monoisotopic (exact) mass is 254 g/mol. The standard InChI is InChI=1S/C10H7ClN2S2/c11-10-3-8(4-14-6-12)1-2-9(10)5-15-7-13/h1-3H,4-5H2. The molecule has 76 valence electrons. The molecule has 0 amide bonds. The Morgan fingerprint density at radius 3 is 2.40 bits per heavy atom. The third-order valence-electron chi connectivity index (χ3n) is 1.71. The average Bonchev–Trinajstić information content (AvgIpc) is 2.25. The maximum atomic E-state index is 8.42. The quantitative estimate of drug-likeness (QED) is 0.768. The number of benzene rings is 1. The highest BCUT2D eigenvalue weighted by Gasteiger charge is 2.02. The summed E-state index contributed by atoms with van der Waals surface area (Å²) in [4.78, 5) is 0. The van der Waals surface area contributed by atoms with E-state index >= 15 is 0 Å². The Bertz CT molecular complexity index is 420. The second-order valence-corrected chi connectivity index (χ2v) is 4.61. The van der Waals surface area contributed by atoms with Crippen molar-refractivity contribution in [3.8, 4) is 10.8 Å². The summed E-state index contributed by atoms with van der Waals surface area (Å²) in [6.07, 6.45) is 0. The van der Waals surface area contributed by atoms with Crippen LogP contribution in [0.5, 0.6) is 0 Å². The lowest BCUT2D eigenvalue weighted by Gasteiger charge is -2.03. The van der Waals surface area contributed by atoms with Crippen molar-refractivity contribution in [1.82, 2.24) is 0 Å². The average molecular weight is 255 g/mol. The number of halogens is 1. The Morgan fingerprint density at radius 2 is 1.80 bits per heavy atom. The van der Waals surface area contributed by atoms with Gasteiger partial charge >= 0.3 is 0 Å². The number of hydrogen-bond acceptors (Lipinski definition) is 4. The Kier molecular flexibility index (Phi) is 5.42. The van der Waals surface area contributed by atoms with E-state index in [-0.39, 0.29) is 0 Å². The van der Waals surface area contributed by atoms with Gasteiger partial charge in [0.25, 0.3) is 0 Å². The summed E-state index contributed by atoms with van der Waals surface area (Å²) >= 11 is 8.37. The summed E-state index contributed by atoms with van der Waals surface area (Å²) in [6, 6.07) is 5.68. The number of nitriles is 2. The summed E-state index contributed by atoms with van der Waals surface area (Å²) in [5, 5.41) is 21.5. The van der Waals surface area contributed by atoms with Crippen molar-refractivity contribution in [3.05, 3.63) is 34.3 Å². The number of thiocyanates is 2. The van der Waals surface area contributed by atoms with Gasteiger partial charge in [0, 0.05) is 16.5 Å². The molecule has 15 heavy (non-hydrogen) atoms. The molecule has 0 radical (unpaired) electrons. The minimum absolute atomic E-state index is 0.598. The number of nitrogens with zero attached hydrogens (tertiary/aromatic N) is 2. The summed E-state index contributed by atoms with van der Waals surface area (Å²) in [5.41, 5.74) is 1.98. The van der Waals surface area contributed by atoms with Gasteiger partial charge in [-0.15, -0.1) is 0 Å². The van der Waals surface area contributed by atoms with Crippen LogP contribution < -0.4 is 0 Å². The lowest BCUT2D eigenvalue weighted by molar-refractivity contribution is 1.35. The van der Waals surface area contributed by atoms with Crippen LogP contribution in [0.15, 0.2) is 18.2 Å². The first-order valence-electron chi connectivity index (χ1n) is 4.07. The van der Waals surface area contributed by atoms with Crippen LogP contribution in [-0.4, -0.2) is 0 Å². The number of thioether (sulfide) groups is 2. The smallest absolute Gasteiger partial charge is 0.133 e. The maximum Gasteiger partial charge on any atom is 0.133 e. The van der Waals surface area contributed by atoms with Gasteiger partial charge in [-0.05, 0) is 40.7 Å². The fourth-order valence-corrected chi connectivity index (χ4v) is 2.26. The van der Waals surface area contributed by atoms with Crippen LogP contribution in [0.3, 0.4) is 0 Å². The molecule has 0 spiro atoms.